The van der Waals surface area contributed by atoms with E-state index in [1.54, 1.807) is 7.11 Å². The van der Waals surface area contributed by atoms with Crippen molar-refractivity contribution < 1.29 is 4.74 Å². The molecule has 2 heteroatoms. The molecule has 1 unspecified atom stereocenters. The normalized spacial score (nSPS) is 17.1. The van der Waals surface area contributed by atoms with Crippen molar-refractivity contribution in [2.45, 2.75) is 34.6 Å². The maximum absolute atomic E-state index is 5.41. The lowest BCUT2D eigenvalue weighted by Gasteiger charge is -2.47. The number of rotatable bonds is 5. The van der Waals surface area contributed by atoms with Crippen molar-refractivity contribution in [3.63, 3.8) is 0 Å². The summed E-state index contributed by atoms with van der Waals surface area (Å²) in [6.07, 6.45) is 0. The van der Waals surface area contributed by atoms with Gasteiger partial charge in [0.2, 0.25) is 0 Å². The van der Waals surface area contributed by atoms with Crippen molar-refractivity contribution in [3.8, 4) is 0 Å². The molecular weight excluding hydrogens is 174 g/mol. The molecule has 0 spiro atoms. The van der Waals surface area contributed by atoms with Crippen molar-refractivity contribution in [2.75, 3.05) is 27.3 Å². The van der Waals surface area contributed by atoms with Gasteiger partial charge in [-0.25, -0.2) is 0 Å². The highest BCUT2D eigenvalue weighted by Crippen LogP contribution is 2.44. The minimum atomic E-state index is 0.205. The lowest BCUT2D eigenvalue weighted by atomic mass is 9.61. The third-order valence-corrected chi connectivity index (χ3v) is 3.49. The van der Waals surface area contributed by atoms with Crippen LogP contribution in [0.2, 0.25) is 0 Å². The summed E-state index contributed by atoms with van der Waals surface area (Å²) in [5.74, 6) is 0.606. The average molecular weight is 201 g/mol. The van der Waals surface area contributed by atoms with Gasteiger partial charge in [-0.05, 0) is 18.4 Å². The van der Waals surface area contributed by atoms with Crippen LogP contribution in [0, 0.1) is 16.7 Å². The van der Waals surface area contributed by atoms with Gasteiger partial charge in [0, 0.05) is 19.1 Å². The Balaban J connectivity index is 4.94. The third-order valence-electron chi connectivity index (χ3n) is 3.49. The lowest BCUT2D eigenvalue weighted by Crippen LogP contribution is -2.50. The summed E-state index contributed by atoms with van der Waals surface area (Å²) in [6.45, 7) is 13.3. The highest BCUT2D eigenvalue weighted by Gasteiger charge is 2.43. The average Bonchev–Trinajstić information content (AvgIpc) is 2.01. The molecular formula is C12H27NO. The molecule has 1 atom stereocenters. The predicted molar refractivity (Wildman–Crippen MR) is 62.5 cm³/mol. The minimum absolute atomic E-state index is 0.205. The summed E-state index contributed by atoms with van der Waals surface area (Å²) >= 11 is 0. The first-order chi connectivity index (χ1) is 6.31. The number of hydrogen-bond donors (Lipinski definition) is 1. The molecule has 0 aliphatic carbocycles. The van der Waals surface area contributed by atoms with Gasteiger partial charge in [-0.3, -0.25) is 0 Å². The fourth-order valence-electron chi connectivity index (χ4n) is 2.34. The predicted octanol–water partition coefficient (Wildman–Crippen LogP) is 2.54. The number of hydrogen-bond acceptors (Lipinski definition) is 2. The van der Waals surface area contributed by atoms with Gasteiger partial charge in [0.25, 0.3) is 0 Å². The summed E-state index contributed by atoms with van der Waals surface area (Å²) in [4.78, 5) is 0. The van der Waals surface area contributed by atoms with Crippen LogP contribution < -0.4 is 5.32 Å². The van der Waals surface area contributed by atoms with Gasteiger partial charge in [0.05, 0.1) is 6.61 Å². The molecule has 0 aromatic rings. The zero-order valence-electron chi connectivity index (χ0n) is 10.9. The quantitative estimate of drug-likeness (QED) is 0.738. The summed E-state index contributed by atoms with van der Waals surface area (Å²) in [5.41, 5.74) is 0.455. The molecule has 0 aliphatic rings. The third kappa shape index (κ3) is 2.71. The van der Waals surface area contributed by atoms with Gasteiger partial charge in [0.15, 0.2) is 0 Å². The lowest BCUT2D eigenvalue weighted by molar-refractivity contribution is -0.0408. The Bertz CT molecular complexity index is 152. The van der Waals surface area contributed by atoms with Crippen molar-refractivity contribution in [1.29, 1.82) is 0 Å². The van der Waals surface area contributed by atoms with Gasteiger partial charge >= 0.3 is 0 Å². The molecule has 1 N–H and O–H groups in total. The van der Waals surface area contributed by atoms with Crippen molar-refractivity contribution >= 4 is 0 Å². The van der Waals surface area contributed by atoms with E-state index in [0.29, 0.717) is 5.92 Å². The second kappa shape index (κ2) is 5.13. The summed E-state index contributed by atoms with van der Waals surface area (Å²) in [7, 11) is 3.80. The molecule has 0 amide bonds. The smallest absolute Gasteiger partial charge is 0.0538 e. The summed E-state index contributed by atoms with van der Waals surface area (Å²) < 4.78 is 5.41. The second-order valence-electron chi connectivity index (χ2n) is 5.52. The zero-order valence-corrected chi connectivity index (χ0v) is 10.9. The van der Waals surface area contributed by atoms with E-state index in [1.807, 2.05) is 7.05 Å². The van der Waals surface area contributed by atoms with Gasteiger partial charge in [-0.2, -0.15) is 0 Å². The van der Waals surface area contributed by atoms with Crippen LogP contribution in [-0.4, -0.2) is 27.3 Å². The number of nitrogens with one attached hydrogen (secondary N) is 1. The van der Waals surface area contributed by atoms with E-state index < -0.39 is 0 Å². The molecule has 0 aromatic carbocycles. The van der Waals surface area contributed by atoms with E-state index in [1.165, 1.54) is 0 Å². The van der Waals surface area contributed by atoms with Gasteiger partial charge < -0.3 is 10.1 Å². The molecule has 0 bridgehead atoms. The van der Waals surface area contributed by atoms with Crippen LogP contribution in [0.3, 0.4) is 0 Å². The molecule has 86 valence electrons. The fraction of sp³-hybridized carbons (Fsp3) is 1.00. The Labute approximate surface area is 89.4 Å². The van der Waals surface area contributed by atoms with E-state index in [4.69, 9.17) is 4.74 Å². The van der Waals surface area contributed by atoms with Crippen LogP contribution >= 0.6 is 0 Å². The van der Waals surface area contributed by atoms with E-state index in [2.05, 4.69) is 39.9 Å². The van der Waals surface area contributed by atoms with E-state index in [9.17, 15) is 0 Å². The van der Waals surface area contributed by atoms with Crippen LogP contribution in [0.25, 0.3) is 0 Å². The molecule has 0 saturated carbocycles. The second-order valence-corrected chi connectivity index (χ2v) is 5.52. The van der Waals surface area contributed by atoms with Crippen LogP contribution in [0.4, 0.5) is 0 Å². The highest BCUT2D eigenvalue weighted by atomic mass is 16.5. The van der Waals surface area contributed by atoms with Crippen molar-refractivity contribution in [2.24, 2.45) is 16.7 Å². The van der Waals surface area contributed by atoms with Gasteiger partial charge in [0.1, 0.15) is 0 Å². The van der Waals surface area contributed by atoms with Gasteiger partial charge in [-0.1, -0.05) is 34.6 Å². The summed E-state index contributed by atoms with van der Waals surface area (Å²) in [5, 5.41) is 3.30. The van der Waals surface area contributed by atoms with Crippen LogP contribution in [0.1, 0.15) is 34.6 Å². The van der Waals surface area contributed by atoms with E-state index in [0.717, 1.165) is 13.2 Å². The highest BCUT2D eigenvalue weighted by molar-refractivity contribution is 4.94. The Morgan fingerprint density at radius 2 is 1.71 bits per heavy atom. The maximum atomic E-state index is 5.41. The van der Waals surface area contributed by atoms with Gasteiger partial charge in [-0.15, -0.1) is 0 Å². The molecule has 2 nitrogen and oxygen atoms in total. The molecule has 0 saturated heterocycles. The maximum Gasteiger partial charge on any atom is 0.0538 e. The van der Waals surface area contributed by atoms with Crippen LogP contribution in [-0.2, 0) is 4.74 Å². The summed E-state index contributed by atoms with van der Waals surface area (Å²) in [6, 6.07) is 0. The Hall–Kier alpha value is -0.0800. The monoisotopic (exact) mass is 201 g/mol. The van der Waals surface area contributed by atoms with Crippen molar-refractivity contribution in [1.82, 2.24) is 5.32 Å². The SMILES string of the molecule is CNCC(COC)(C(C)C)C(C)(C)C. The molecule has 0 rings (SSSR count). The Kier molecular flexibility index (Phi) is 5.10. The molecule has 0 radical (unpaired) electrons. The first kappa shape index (κ1) is 13.9. The number of ether oxygens (including phenoxy) is 1. The Morgan fingerprint density at radius 3 is 1.93 bits per heavy atom. The molecule has 0 aromatic heterocycles. The van der Waals surface area contributed by atoms with Crippen LogP contribution in [0.5, 0.6) is 0 Å². The van der Waals surface area contributed by atoms with E-state index in [-0.39, 0.29) is 10.8 Å². The molecule has 0 heterocycles. The first-order valence-electron chi connectivity index (χ1n) is 5.45. The molecule has 14 heavy (non-hydrogen) atoms. The first-order valence-corrected chi connectivity index (χ1v) is 5.45. The topological polar surface area (TPSA) is 21.3 Å². The molecule has 0 fully saturated rings. The largest absolute Gasteiger partial charge is 0.384 e. The number of methoxy groups -OCH3 is 1. The van der Waals surface area contributed by atoms with Crippen molar-refractivity contribution in [3.05, 3.63) is 0 Å². The zero-order chi connectivity index (χ0) is 11.4. The Morgan fingerprint density at radius 1 is 1.21 bits per heavy atom. The van der Waals surface area contributed by atoms with E-state index >= 15 is 0 Å². The standard InChI is InChI=1S/C12H27NO/c1-10(2)12(8-13-6,9-14-7)11(3,4)5/h10,13H,8-9H2,1-7H3. The van der Waals surface area contributed by atoms with Crippen LogP contribution in [0.15, 0.2) is 0 Å². The molecule has 0 aliphatic heterocycles. The fourth-order valence-corrected chi connectivity index (χ4v) is 2.34. The minimum Gasteiger partial charge on any atom is -0.384 e.